The molecule has 110 valence electrons. The van der Waals surface area contributed by atoms with Crippen molar-refractivity contribution in [2.24, 2.45) is 0 Å². The normalized spacial score (nSPS) is 11.9. The van der Waals surface area contributed by atoms with E-state index in [1.54, 1.807) is 12.1 Å². The van der Waals surface area contributed by atoms with Gasteiger partial charge in [0.2, 0.25) is 0 Å². The van der Waals surface area contributed by atoms with E-state index in [0.29, 0.717) is 17.9 Å². The SMILES string of the molecule is CCC(C)N(Cc1ccccc1)C(=O)c1ccc(N)cn1. The number of hydrogen-bond acceptors (Lipinski definition) is 3. The van der Waals surface area contributed by atoms with Crippen molar-refractivity contribution >= 4 is 11.6 Å². The van der Waals surface area contributed by atoms with Crippen molar-refractivity contribution in [2.45, 2.75) is 32.9 Å². The van der Waals surface area contributed by atoms with Crippen molar-refractivity contribution in [2.75, 3.05) is 5.73 Å². The molecule has 1 aromatic carbocycles. The molecule has 0 aliphatic carbocycles. The molecule has 0 saturated carbocycles. The molecule has 1 amide bonds. The van der Waals surface area contributed by atoms with Gasteiger partial charge < -0.3 is 10.6 Å². The van der Waals surface area contributed by atoms with Gasteiger partial charge in [-0.05, 0) is 31.0 Å². The summed E-state index contributed by atoms with van der Waals surface area (Å²) in [4.78, 5) is 18.7. The van der Waals surface area contributed by atoms with Gasteiger partial charge >= 0.3 is 0 Å². The van der Waals surface area contributed by atoms with Crippen LogP contribution in [0.25, 0.3) is 0 Å². The Balaban J connectivity index is 2.23. The summed E-state index contributed by atoms with van der Waals surface area (Å²) in [5.41, 5.74) is 7.73. The second-order valence-electron chi connectivity index (χ2n) is 5.15. The predicted molar refractivity (Wildman–Crippen MR) is 84.7 cm³/mol. The van der Waals surface area contributed by atoms with Crippen LogP contribution in [0.1, 0.15) is 36.3 Å². The number of pyridine rings is 1. The van der Waals surface area contributed by atoms with Crippen LogP contribution in [0.5, 0.6) is 0 Å². The van der Waals surface area contributed by atoms with Gasteiger partial charge in [0.25, 0.3) is 5.91 Å². The van der Waals surface area contributed by atoms with Crippen LogP contribution in [-0.2, 0) is 6.54 Å². The van der Waals surface area contributed by atoms with Crippen molar-refractivity contribution in [1.82, 2.24) is 9.88 Å². The van der Waals surface area contributed by atoms with Gasteiger partial charge in [-0.3, -0.25) is 4.79 Å². The molecular weight excluding hydrogens is 262 g/mol. The lowest BCUT2D eigenvalue weighted by Crippen LogP contribution is -2.38. The van der Waals surface area contributed by atoms with E-state index < -0.39 is 0 Å². The third kappa shape index (κ3) is 3.81. The maximum absolute atomic E-state index is 12.7. The molecule has 1 heterocycles. The third-order valence-corrected chi connectivity index (χ3v) is 3.58. The molecule has 4 nitrogen and oxygen atoms in total. The molecule has 0 spiro atoms. The fourth-order valence-electron chi connectivity index (χ4n) is 2.11. The van der Waals surface area contributed by atoms with Crippen molar-refractivity contribution in [3.05, 3.63) is 59.9 Å². The van der Waals surface area contributed by atoms with Gasteiger partial charge in [0, 0.05) is 12.6 Å². The Labute approximate surface area is 125 Å². The first-order valence-electron chi connectivity index (χ1n) is 7.18. The Kier molecular flexibility index (Phi) is 4.93. The summed E-state index contributed by atoms with van der Waals surface area (Å²) in [6, 6.07) is 13.5. The summed E-state index contributed by atoms with van der Waals surface area (Å²) in [6.07, 6.45) is 2.41. The van der Waals surface area contributed by atoms with Crippen molar-refractivity contribution in [1.29, 1.82) is 0 Å². The molecule has 1 atom stereocenters. The first-order valence-corrected chi connectivity index (χ1v) is 7.18. The number of nitrogens with zero attached hydrogens (tertiary/aromatic N) is 2. The van der Waals surface area contributed by atoms with Crippen molar-refractivity contribution in [3.63, 3.8) is 0 Å². The van der Waals surface area contributed by atoms with Gasteiger partial charge in [0.15, 0.2) is 0 Å². The van der Waals surface area contributed by atoms with Crippen LogP contribution in [0.3, 0.4) is 0 Å². The molecule has 0 bridgehead atoms. The highest BCUT2D eigenvalue weighted by atomic mass is 16.2. The van der Waals surface area contributed by atoms with Gasteiger partial charge in [-0.1, -0.05) is 37.3 Å². The Morgan fingerprint density at radius 2 is 1.95 bits per heavy atom. The number of amides is 1. The van der Waals surface area contributed by atoms with Crippen LogP contribution in [0.15, 0.2) is 48.7 Å². The molecule has 2 aromatic rings. The first kappa shape index (κ1) is 15.0. The van der Waals surface area contributed by atoms with E-state index in [-0.39, 0.29) is 11.9 Å². The zero-order chi connectivity index (χ0) is 15.2. The second-order valence-corrected chi connectivity index (χ2v) is 5.15. The summed E-state index contributed by atoms with van der Waals surface area (Å²) in [6.45, 7) is 4.71. The highest BCUT2D eigenvalue weighted by molar-refractivity contribution is 5.92. The number of hydrogen-bond donors (Lipinski definition) is 1. The van der Waals surface area contributed by atoms with Crippen LogP contribution < -0.4 is 5.73 Å². The molecular formula is C17H21N3O. The fraction of sp³-hybridized carbons (Fsp3) is 0.294. The van der Waals surface area contributed by atoms with E-state index >= 15 is 0 Å². The third-order valence-electron chi connectivity index (χ3n) is 3.58. The van der Waals surface area contributed by atoms with Gasteiger partial charge in [-0.15, -0.1) is 0 Å². The molecule has 0 saturated heterocycles. The molecule has 21 heavy (non-hydrogen) atoms. The number of benzene rings is 1. The van der Waals surface area contributed by atoms with E-state index in [1.807, 2.05) is 35.2 Å². The number of nitrogens with two attached hydrogens (primary N) is 1. The average molecular weight is 283 g/mol. The predicted octanol–water partition coefficient (Wildman–Crippen LogP) is 3.10. The topological polar surface area (TPSA) is 59.2 Å². The summed E-state index contributed by atoms with van der Waals surface area (Å²) >= 11 is 0. The average Bonchev–Trinajstić information content (AvgIpc) is 2.53. The number of rotatable bonds is 5. The fourth-order valence-corrected chi connectivity index (χ4v) is 2.11. The van der Waals surface area contributed by atoms with Crippen LogP contribution in [0.4, 0.5) is 5.69 Å². The minimum atomic E-state index is -0.0618. The second kappa shape index (κ2) is 6.88. The first-order chi connectivity index (χ1) is 10.1. The Hall–Kier alpha value is -2.36. The van der Waals surface area contributed by atoms with E-state index in [9.17, 15) is 4.79 Å². The minimum absolute atomic E-state index is 0.0618. The number of carbonyl (C=O) groups excluding carboxylic acids is 1. The van der Waals surface area contributed by atoms with E-state index in [4.69, 9.17) is 5.73 Å². The van der Waals surface area contributed by atoms with Crippen molar-refractivity contribution < 1.29 is 4.79 Å². The van der Waals surface area contributed by atoms with Gasteiger partial charge in [0.1, 0.15) is 5.69 Å². The molecule has 0 fully saturated rings. The van der Waals surface area contributed by atoms with Crippen LogP contribution in [0.2, 0.25) is 0 Å². The van der Waals surface area contributed by atoms with Gasteiger partial charge in [-0.25, -0.2) is 4.98 Å². The molecule has 1 aromatic heterocycles. The van der Waals surface area contributed by atoms with Crippen molar-refractivity contribution in [3.8, 4) is 0 Å². The smallest absolute Gasteiger partial charge is 0.272 e. The van der Waals surface area contributed by atoms with E-state index in [1.165, 1.54) is 6.20 Å². The molecule has 4 heteroatoms. The standard InChI is InChI=1S/C17H21N3O/c1-3-13(2)20(12-14-7-5-4-6-8-14)17(21)16-10-9-15(18)11-19-16/h4-11,13H,3,12,18H2,1-2H3. The number of carbonyl (C=O) groups is 1. The number of aromatic nitrogens is 1. The molecule has 1 unspecified atom stereocenters. The number of anilines is 1. The summed E-state index contributed by atoms with van der Waals surface area (Å²) in [7, 11) is 0. The molecule has 0 aliphatic heterocycles. The summed E-state index contributed by atoms with van der Waals surface area (Å²) < 4.78 is 0. The van der Waals surface area contributed by atoms with Gasteiger partial charge in [-0.2, -0.15) is 0 Å². The Bertz CT molecular complexity index is 581. The Morgan fingerprint density at radius 1 is 1.24 bits per heavy atom. The quantitative estimate of drug-likeness (QED) is 0.917. The van der Waals surface area contributed by atoms with E-state index in [0.717, 1.165) is 12.0 Å². The maximum Gasteiger partial charge on any atom is 0.272 e. The highest BCUT2D eigenvalue weighted by Gasteiger charge is 2.21. The minimum Gasteiger partial charge on any atom is -0.397 e. The summed E-state index contributed by atoms with van der Waals surface area (Å²) in [5.74, 6) is -0.0618. The Morgan fingerprint density at radius 3 is 2.52 bits per heavy atom. The van der Waals surface area contributed by atoms with Crippen LogP contribution in [0, 0.1) is 0 Å². The van der Waals surface area contributed by atoms with E-state index in [2.05, 4.69) is 18.8 Å². The molecule has 2 rings (SSSR count). The molecule has 2 N–H and O–H groups in total. The molecule has 0 radical (unpaired) electrons. The van der Waals surface area contributed by atoms with Gasteiger partial charge in [0.05, 0.1) is 11.9 Å². The highest BCUT2D eigenvalue weighted by Crippen LogP contribution is 2.14. The van der Waals surface area contributed by atoms with Crippen LogP contribution in [-0.4, -0.2) is 21.8 Å². The lowest BCUT2D eigenvalue weighted by molar-refractivity contribution is 0.0665. The largest absolute Gasteiger partial charge is 0.397 e. The lowest BCUT2D eigenvalue weighted by atomic mass is 10.1. The maximum atomic E-state index is 12.7. The molecule has 0 aliphatic rings. The lowest BCUT2D eigenvalue weighted by Gasteiger charge is -2.28. The monoisotopic (exact) mass is 283 g/mol. The van der Waals surface area contributed by atoms with Crippen LogP contribution >= 0.6 is 0 Å². The summed E-state index contributed by atoms with van der Waals surface area (Å²) in [5, 5.41) is 0. The number of nitrogen functional groups attached to an aromatic ring is 1. The zero-order valence-corrected chi connectivity index (χ0v) is 12.5. The zero-order valence-electron chi connectivity index (χ0n) is 12.5.